The summed E-state index contributed by atoms with van der Waals surface area (Å²) in [4.78, 5) is 13.8. The van der Waals surface area contributed by atoms with Crippen molar-refractivity contribution in [3.63, 3.8) is 0 Å². The van der Waals surface area contributed by atoms with E-state index in [1.165, 1.54) is 12.1 Å². The quantitative estimate of drug-likeness (QED) is 0.244. The summed E-state index contributed by atoms with van der Waals surface area (Å²) in [6, 6.07) is 10.4. The number of benzene rings is 2. The normalized spacial score (nSPS) is 15.3. The fourth-order valence-electron chi connectivity index (χ4n) is 4.23. The lowest BCUT2D eigenvalue weighted by molar-refractivity contribution is -0.141. The van der Waals surface area contributed by atoms with Crippen LogP contribution in [0, 0.1) is 11.3 Å². The number of carbonyl (C=O) groups is 1. The third-order valence-corrected chi connectivity index (χ3v) is 8.27. The van der Waals surface area contributed by atoms with Crippen LogP contribution in [0.3, 0.4) is 0 Å². The first-order valence-electron chi connectivity index (χ1n) is 11.8. The lowest BCUT2D eigenvalue weighted by Gasteiger charge is -2.32. The van der Waals surface area contributed by atoms with Gasteiger partial charge in [-0.2, -0.15) is 18.4 Å². The van der Waals surface area contributed by atoms with Gasteiger partial charge >= 0.3 is 12.1 Å². The average molecular weight is 598 g/mol. The number of carboxylic acid groups (broad SMARTS) is 1. The van der Waals surface area contributed by atoms with Gasteiger partial charge in [-0.1, -0.05) is 29.8 Å². The van der Waals surface area contributed by atoms with Crippen LogP contribution in [0.25, 0.3) is 11.1 Å². The highest BCUT2D eigenvalue weighted by atomic mass is 35.5. The van der Waals surface area contributed by atoms with Crippen LogP contribution < -0.4 is 9.04 Å². The predicted molar refractivity (Wildman–Crippen MR) is 136 cm³/mol. The minimum absolute atomic E-state index is 0.0334. The molecule has 0 aliphatic carbocycles. The Bertz CT molecular complexity index is 1610. The zero-order valence-corrected chi connectivity index (χ0v) is 22.0. The number of aliphatic carboxylic acids is 1. The van der Waals surface area contributed by atoms with Gasteiger partial charge in [-0.05, 0) is 24.6 Å². The number of para-hydroxylation sites is 1. The van der Waals surface area contributed by atoms with Crippen LogP contribution in [-0.4, -0.2) is 37.6 Å². The second-order valence-corrected chi connectivity index (χ2v) is 11.0. The van der Waals surface area contributed by atoms with E-state index >= 15 is 0 Å². The second kappa shape index (κ2) is 11.3. The molecule has 0 radical (unpaired) electrons. The van der Waals surface area contributed by atoms with E-state index in [2.05, 4.69) is 4.98 Å². The summed E-state index contributed by atoms with van der Waals surface area (Å²) in [6.45, 7) is -0.416. The number of pyridine rings is 1. The molecule has 0 saturated carbocycles. The maximum absolute atomic E-state index is 14.6. The monoisotopic (exact) mass is 597 g/mol. The zero-order chi connectivity index (χ0) is 29.2. The fourth-order valence-corrected chi connectivity index (χ4v) is 6.14. The number of anilines is 1. The van der Waals surface area contributed by atoms with Crippen LogP contribution in [-0.2, 0) is 21.0 Å². The molecular formula is C26H20ClF4N3O5S. The summed E-state index contributed by atoms with van der Waals surface area (Å²) in [5.74, 6) is -1.34. The number of halogens is 5. The summed E-state index contributed by atoms with van der Waals surface area (Å²) < 4.78 is 88.8. The number of hydrogen-bond donors (Lipinski definition) is 1. The van der Waals surface area contributed by atoms with Gasteiger partial charge in [-0.15, -0.1) is 0 Å². The number of ether oxygens (including phenoxy) is 1. The molecule has 0 amide bonds. The van der Waals surface area contributed by atoms with Gasteiger partial charge in [-0.25, -0.2) is 12.8 Å². The van der Waals surface area contributed by atoms with Crippen LogP contribution in [0.5, 0.6) is 5.75 Å². The Morgan fingerprint density at radius 3 is 2.62 bits per heavy atom. The molecule has 1 atom stereocenters. The van der Waals surface area contributed by atoms with E-state index in [0.29, 0.717) is 6.07 Å². The van der Waals surface area contributed by atoms with E-state index in [1.807, 2.05) is 0 Å². The number of sulfonamides is 1. The van der Waals surface area contributed by atoms with Crippen molar-refractivity contribution in [2.45, 2.75) is 36.5 Å². The molecule has 1 aromatic heterocycles. The van der Waals surface area contributed by atoms with Crippen LogP contribution in [0.2, 0.25) is 5.02 Å². The Balaban J connectivity index is 1.87. The maximum Gasteiger partial charge on any atom is 0.433 e. The molecule has 2 aromatic carbocycles. The van der Waals surface area contributed by atoms with Gasteiger partial charge in [0.25, 0.3) is 10.0 Å². The molecule has 40 heavy (non-hydrogen) atoms. The van der Waals surface area contributed by atoms with E-state index < -0.39 is 44.5 Å². The topological polar surface area (TPSA) is 121 Å². The summed E-state index contributed by atoms with van der Waals surface area (Å²) >= 11 is 6.40. The standard InChI is InChI=1S/C26H20ClF4N3O5S/c27-19-12-22(39-9-3-6-25(35)36)23(11-17(19)18-14-33-24(26(29,30)31)10-15(18)13-32)40(37,38)34-8-7-20(28)16-4-1-2-5-21(16)34/h1-2,4-5,10-12,14,20H,3,6-9H2,(H,35,36). The Morgan fingerprint density at radius 1 is 1.23 bits per heavy atom. The summed E-state index contributed by atoms with van der Waals surface area (Å²) in [6.07, 6.45) is -5.80. The van der Waals surface area contributed by atoms with Crippen LogP contribution in [0.4, 0.5) is 23.2 Å². The lowest BCUT2D eigenvalue weighted by Crippen LogP contribution is -2.36. The number of alkyl halides is 4. The van der Waals surface area contributed by atoms with Gasteiger partial charge in [-0.3, -0.25) is 14.1 Å². The highest BCUT2D eigenvalue weighted by molar-refractivity contribution is 7.93. The number of fused-ring (bicyclic) bond motifs is 1. The van der Waals surface area contributed by atoms with Crippen LogP contribution >= 0.6 is 11.6 Å². The molecule has 8 nitrogen and oxygen atoms in total. The number of nitrogens with zero attached hydrogens (tertiary/aromatic N) is 3. The number of rotatable bonds is 8. The highest BCUT2D eigenvalue weighted by Crippen LogP contribution is 2.43. The summed E-state index contributed by atoms with van der Waals surface area (Å²) in [7, 11) is -4.50. The first kappa shape index (κ1) is 29.1. The molecule has 1 aliphatic rings. The van der Waals surface area contributed by atoms with Crippen molar-refractivity contribution < 1.29 is 40.6 Å². The third-order valence-electron chi connectivity index (χ3n) is 6.13. The number of carboxylic acids is 1. The number of nitriles is 1. The Morgan fingerprint density at radius 2 is 1.95 bits per heavy atom. The van der Waals surface area contributed by atoms with Gasteiger partial charge in [0.1, 0.15) is 22.5 Å². The fraction of sp³-hybridized carbons (Fsp3) is 0.269. The van der Waals surface area contributed by atoms with Crippen molar-refractivity contribution in [2.24, 2.45) is 0 Å². The predicted octanol–water partition coefficient (Wildman–Crippen LogP) is 6.15. The summed E-state index contributed by atoms with van der Waals surface area (Å²) in [5.41, 5.74) is -1.77. The molecule has 1 N–H and O–H groups in total. The van der Waals surface area contributed by atoms with E-state index in [1.54, 1.807) is 18.2 Å². The molecule has 3 aromatic rings. The van der Waals surface area contributed by atoms with Crippen LogP contribution in [0.15, 0.2) is 53.6 Å². The average Bonchev–Trinajstić information content (AvgIpc) is 2.90. The third kappa shape index (κ3) is 5.83. The molecule has 2 heterocycles. The van der Waals surface area contributed by atoms with E-state index in [9.17, 15) is 36.0 Å². The first-order chi connectivity index (χ1) is 18.8. The molecule has 1 unspecified atom stereocenters. The molecule has 1 aliphatic heterocycles. The molecule has 0 saturated heterocycles. The largest absolute Gasteiger partial charge is 0.492 e. The minimum Gasteiger partial charge on any atom is -0.492 e. The van der Waals surface area contributed by atoms with Crippen molar-refractivity contribution in [3.05, 3.63) is 70.5 Å². The molecule has 210 valence electrons. The van der Waals surface area contributed by atoms with Gasteiger partial charge in [0, 0.05) is 48.3 Å². The van der Waals surface area contributed by atoms with Crippen molar-refractivity contribution >= 4 is 33.3 Å². The van der Waals surface area contributed by atoms with E-state index in [0.717, 1.165) is 22.6 Å². The van der Waals surface area contributed by atoms with Crippen molar-refractivity contribution in [2.75, 3.05) is 17.5 Å². The first-order valence-corrected chi connectivity index (χ1v) is 13.6. The number of aromatic nitrogens is 1. The second-order valence-electron chi connectivity index (χ2n) is 8.74. The Kier molecular flexibility index (Phi) is 8.23. The molecule has 14 heteroatoms. The van der Waals surface area contributed by atoms with Gasteiger partial charge in [0.2, 0.25) is 0 Å². The number of hydrogen-bond acceptors (Lipinski definition) is 6. The molecule has 0 spiro atoms. The maximum atomic E-state index is 14.6. The lowest BCUT2D eigenvalue weighted by atomic mass is 10.0. The SMILES string of the molecule is N#Cc1cc(C(F)(F)F)ncc1-c1cc(S(=O)(=O)N2CCC(F)c3ccccc32)c(OCCCC(=O)O)cc1Cl. The van der Waals surface area contributed by atoms with Gasteiger partial charge in [0.05, 0.1) is 28.9 Å². The Labute approximate surface area is 231 Å². The van der Waals surface area contributed by atoms with Crippen molar-refractivity contribution in [1.29, 1.82) is 5.26 Å². The minimum atomic E-state index is -4.83. The van der Waals surface area contributed by atoms with Crippen molar-refractivity contribution in [3.8, 4) is 22.9 Å². The Hall–Kier alpha value is -3.89. The smallest absolute Gasteiger partial charge is 0.433 e. The van der Waals surface area contributed by atoms with Crippen molar-refractivity contribution in [1.82, 2.24) is 4.98 Å². The highest BCUT2D eigenvalue weighted by Gasteiger charge is 2.36. The summed E-state index contributed by atoms with van der Waals surface area (Å²) in [5, 5.41) is 18.3. The molecule has 0 bridgehead atoms. The zero-order valence-electron chi connectivity index (χ0n) is 20.5. The molecule has 0 fully saturated rings. The molecule has 4 rings (SSSR count). The van der Waals surface area contributed by atoms with E-state index in [4.69, 9.17) is 21.4 Å². The van der Waals surface area contributed by atoms with Gasteiger partial charge in [0.15, 0.2) is 0 Å². The van der Waals surface area contributed by atoms with Crippen LogP contribution in [0.1, 0.15) is 42.3 Å². The van der Waals surface area contributed by atoms with Gasteiger partial charge < -0.3 is 9.84 Å². The molecular weight excluding hydrogens is 578 g/mol. The van der Waals surface area contributed by atoms with E-state index in [-0.39, 0.29) is 65.6 Å².